The first kappa shape index (κ1) is 19.2. The van der Waals surface area contributed by atoms with Gasteiger partial charge in [0.25, 0.3) is 5.91 Å². The third-order valence-electron chi connectivity index (χ3n) is 3.38. The Labute approximate surface area is 152 Å². The SMILES string of the molecule is CCOc1ccc(NC(=O)c2ccccc2Cl)cc1S(=O)(=O)N(C)C. The number of benzene rings is 2. The highest BCUT2D eigenvalue weighted by molar-refractivity contribution is 7.89. The van der Waals surface area contributed by atoms with Crippen molar-refractivity contribution in [2.24, 2.45) is 0 Å². The molecule has 0 heterocycles. The molecule has 0 atom stereocenters. The molecule has 0 fully saturated rings. The molecule has 2 aromatic rings. The predicted molar refractivity (Wildman–Crippen MR) is 97.9 cm³/mol. The molecule has 1 amide bonds. The Hall–Kier alpha value is -2.09. The summed E-state index contributed by atoms with van der Waals surface area (Å²) < 4.78 is 31.5. The van der Waals surface area contributed by atoms with Crippen molar-refractivity contribution in [1.82, 2.24) is 4.31 Å². The van der Waals surface area contributed by atoms with E-state index in [4.69, 9.17) is 16.3 Å². The van der Waals surface area contributed by atoms with E-state index < -0.39 is 15.9 Å². The van der Waals surface area contributed by atoms with Crippen LogP contribution in [-0.4, -0.2) is 39.3 Å². The van der Waals surface area contributed by atoms with Crippen molar-refractivity contribution in [3.05, 3.63) is 53.1 Å². The van der Waals surface area contributed by atoms with Crippen LogP contribution in [-0.2, 0) is 10.0 Å². The summed E-state index contributed by atoms with van der Waals surface area (Å²) in [4.78, 5) is 12.3. The number of rotatable bonds is 6. The number of hydrogen-bond donors (Lipinski definition) is 1. The van der Waals surface area contributed by atoms with E-state index in [9.17, 15) is 13.2 Å². The van der Waals surface area contributed by atoms with E-state index in [0.29, 0.717) is 22.9 Å². The second-order valence-electron chi connectivity index (χ2n) is 5.32. The van der Waals surface area contributed by atoms with Crippen LogP contribution in [0, 0.1) is 0 Å². The molecule has 0 aliphatic rings. The van der Waals surface area contributed by atoms with E-state index in [1.165, 1.54) is 26.2 Å². The zero-order valence-electron chi connectivity index (χ0n) is 14.1. The van der Waals surface area contributed by atoms with Crippen LogP contribution in [0.4, 0.5) is 5.69 Å². The van der Waals surface area contributed by atoms with Gasteiger partial charge in [0.2, 0.25) is 10.0 Å². The van der Waals surface area contributed by atoms with Crippen LogP contribution in [0.15, 0.2) is 47.4 Å². The summed E-state index contributed by atoms with van der Waals surface area (Å²) in [7, 11) is -0.869. The lowest BCUT2D eigenvalue weighted by Crippen LogP contribution is -2.23. The molecule has 134 valence electrons. The fraction of sp³-hybridized carbons (Fsp3) is 0.235. The summed E-state index contributed by atoms with van der Waals surface area (Å²) in [6.07, 6.45) is 0. The molecule has 0 aromatic heterocycles. The van der Waals surface area contributed by atoms with Gasteiger partial charge in [0.05, 0.1) is 17.2 Å². The van der Waals surface area contributed by atoms with E-state index in [0.717, 1.165) is 4.31 Å². The lowest BCUT2D eigenvalue weighted by Gasteiger charge is -2.16. The van der Waals surface area contributed by atoms with Gasteiger partial charge in [0, 0.05) is 19.8 Å². The van der Waals surface area contributed by atoms with Gasteiger partial charge in [-0.15, -0.1) is 0 Å². The Bertz CT molecular complexity index is 882. The molecule has 0 bridgehead atoms. The van der Waals surface area contributed by atoms with Crippen LogP contribution in [0.3, 0.4) is 0 Å². The molecule has 0 saturated heterocycles. The van der Waals surface area contributed by atoms with E-state index in [-0.39, 0.29) is 10.6 Å². The number of halogens is 1. The molecule has 0 aliphatic heterocycles. The van der Waals surface area contributed by atoms with Crippen LogP contribution in [0.25, 0.3) is 0 Å². The summed E-state index contributed by atoms with van der Waals surface area (Å²) in [5.74, 6) is -0.199. The molecule has 6 nitrogen and oxygen atoms in total. The van der Waals surface area contributed by atoms with Gasteiger partial charge in [-0.1, -0.05) is 23.7 Å². The van der Waals surface area contributed by atoms with Gasteiger partial charge in [-0.2, -0.15) is 0 Å². The molecule has 8 heteroatoms. The normalized spacial score (nSPS) is 11.4. The van der Waals surface area contributed by atoms with Crippen LogP contribution in [0.1, 0.15) is 17.3 Å². The van der Waals surface area contributed by atoms with Crippen molar-refractivity contribution in [2.75, 3.05) is 26.0 Å². The average Bonchev–Trinajstić information content (AvgIpc) is 2.56. The first-order chi connectivity index (χ1) is 11.8. The Morgan fingerprint density at radius 2 is 1.88 bits per heavy atom. The van der Waals surface area contributed by atoms with Crippen molar-refractivity contribution in [2.45, 2.75) is 11.8 Å². The van der Waals surface area contributed by atoms with Gasteiger partial charge in [-0.3, -0.25) is 4.79 Å². The van der Waals surface area contributed by atoms with Crippen LogP contribution >= 0.6 is 11.6 Å². The number of nitrogens with one attached hydrogen (secondary N) is 1. The van der Waals surface area contributed by atoms with Crippen molar-refractivity contribution in [3.63, 3.8) is 0 Å². The van der Waals surface area contributed by atoms with Gasteiger partial charge in [0.1, 0.15) is 10.6 Å². The van der Waals surface area contributed by atoms with Crippen LogP contribution < -0.4 is 10.1 Å². The van der Waals surface area contributed by atoms with Crippen LogP contribution in [0.2, 0.25) is 5.02 Å². The third kappa shape index (κ3) is 4.31. The van der Waals surface area contributed by atoms with E-state index in [2.05, 4.69) is 5.32 Å². The highest BCUT2D eigenvalue weighted by Crippen LogP contribution is 2.29. The lowest BCUT2D eigenvalue weighted by molar-refractivity contribution is 0.102. The Balaban J connectivity index is 2.40. The largest absolute Gasteiger partial charge is 0.492 e. The van der Waals surface area contributed by atoms with Crippen molar-refractivity contribution < 1.29 is 17.9 Å². The fourth-order valence-electron chi connectivity index (χ4n) is 2.10. The van der Waals surface area contributed by atoms with Gasteiger partial charge in [-0.05, 0) is 37.3 Å². The smallest absolute Gasteiger partial charge is 0.257 e. The summed E-state index contributed by atoms with van der Waals surface area (Å²) in [6, 6.07) is 11.1. The molecular weight excluding hydrogens is 364 g/mol. The van der Waals surface area contributed by atoms with E-state index in [1.807, 2.05) is 0 Å². The fourth-order valence-corrected chi connectivity index (χ4v) is 3.37. The lowest BCUT2D eigenvalue weighted by atomic mass is 10.2. The molecule has 0 radical (unpaired) electrons. The molecule has 0 saturated carbocycles. The number of amides is 1. The predicted octanol–water partition coefficient (Wildman–Crippen LogP) is 3.24. The minimum atomic E-state index is -3.73. The molecular formula is C17H19ClN2O4S. The van der Waals surface area contributed by atoms with Gasteiger partial charge in [-0.25, -0.2) is 12.7 Å². The number of ether oxygens (including phenoxy) is 1. The second kappa shape index (κ2) is 7.86. The summed E-state index contributed by atoms with van der Waals surface area (Å²) in [5.41, 5.74) is 0.629. The maximum atomic E-state index is 12.5. The maximum Gasteiger partial charge on any atom is 0.257 e. The number of hydrogen-bond acceptors (Lipinski definition) is 4. The van der Waals surface area contributed by atoms with E-state index in [1.54, 1.807) is 37.3 Å². The summed E-state index contributed by atoms with van der Waals surface area (Å²) in [6.45, 7) is 2.08. The standard InChI is InChI=1S/C17H19ClN2O4S/c1-4-24-15-10-9-12(11-16(15)25(22,23)20(2)3)19-17(21)13-7-5-6-8-14(13)18/h5-11H,4H2,1-3H3,(H,19,21). The van der Waals surface area contributed by atoms with Gasteiger partial charge < -0.3 is 10.1 Å². The Morgan fingerprint density at radius 1 is 1.20 bits per heavy atom. The third-order valence-corrected chi connectivity index (χ3v) is 5.54. The molecule has 0 aliphatic carbocycles. The highest BCUT2D eigenvalue weighted by Gasteiger charge is 2.23. The molecule has 0 unspecified atom stereocenters. The first-order valence-corrected chi connectivity index (χ1v) is 9.34. The average molecular weight is 383 g/mol. The molecule has 1 N–H and O–H groups in total. The van der Waals surface area contributed by atoms with Crippen molar-refractivity contribution in [3.8, 4) is 5.75 Å². The van der Waals surface area contributed by atoms with Crippen molar-refractivity contribution >= 4 is 33.2 Å². The highest BCUT2D eigenvalue weighted by atomic mass is 35.5. The minimum Gasteiger partial charge on any atom is -0.492 e. The first-order valence-electron chi connectivity index (χ1n) is 7.52. The van der Waals surface area contributed by atoms with Crippen molar-refractivity contribution in [1.29, 1.82) is 0 Å². The number of carbonyl (C=O) groups is 1. The number of anilines is 1. The molecule has 0 spiro atoms. The zero-order valence-corrected chi connectivity index (χ0v) is 15.7. The quantitative estimate of drug-likeness (QED) is 0.832. The number of nitrogens with zero attached hydrogens (tertiary/aromatic N) is 1. The maximum absolute atomic E-state index is 12.5. The monoisotopic (exact) mass is 382 g/mol. The van der Waals surface area contributed by atoms with Crippen LogP contribution in [0.5, 0.6) is 5.75 Å². The molecule has 25 heavy (non-hydrogen) atoms. The van der Waals surface area contributed by atoms with Gasteiger partial charge in [0.15, 0.2) is 0 Å². The zero-order chi connectivity index (χ0) is 18.6. The number of sulfonamides is 1. The Kier molecular flexibility index (Phi) is 6.05. The Morgan fingerprint density at radius 3 is 2.48 bits per heavy atom. The second-order valence-corrected chi connectivity index (χ2v) is 7.84. The molecule has 2 rings (SSSR count). The number of carbonyl (C=O) groups excluding carboxylic acids is 1. The van der Waals surface area contributed by atoms with Gasteiger partial charge >= 0.3 is 0 Å². The minimum absolute atomic E-state index is 0.0173. The summed E-state index contributed by atoms with van der Waals surface area (Å²) >= 11 is 6.01. The molecule has 2 aromatic carbocycles. The topological polar surface area (TPSA) is 75.7 Å². The van der Waals surface area contributed by atoms with E-state index >= 15 is 0 Å². The summed E-state index contributed by atoms with van der Waals surface area (Å²) in [5, 5.41) is 2.97.